The van der Waals surface area contributed by atoms with Gasteiger partial charge in [-0.1, -0.05) is 48.5 Å². The lowest BCUT2D eigenvalue weighted by Gasteiger charge is -2.39. The first kappa shape index (κ1) is 43.4. The first-order valence-electron chi connectivity index (χ1n) is 22.7. The molecule has 6 heterocycles. The SMILES string of the molecule is CC(C)(C)C1CCC(N2CCN(c3ccc(C(=O)NC4CCOCC4)nc3F)CC2)C1.CCc1nc(-c2ccc(N3CCN(C4CCC(C(C)(C)C)C4)CC3)cn2)n[nH]1. The van der Waals surface area contributed by atoms with Crippen LogP contribution < -0.4 is 15.1 Å². The fraction of sp³-hybridized carbons (Fsp3) is 0.717. The van der Waals surface area contributed by atoms with Crippen molar-refractivity contribution in [1.29, 1.82) is 0 Å². The van der Waals surface area contributed by atoms with Gasteiger partial charge in [0.2, 0.25) is 5.95 Å². The smallest absolute Gasteiger partial charge is 0.270 e. The highest BCUT2D eigenvalue weighted by molar-refractivity contribution is 5.92. The van der Waals surface area contributed by atoms with Gasteiger partial charge in [0.05, 0.1) is 17.6 Å². The fourth-order valence-corrected chi connectivity index (χ4v) is 9.99. The van der Waals surface area contributed by atoms with E-state index in [0.29, 0.717) is 41.6 Å². The Balaban J connectivity index is 0.000000180. The Kier molecular flexibility index (Phi) is 13.9. The number of aryl methyl sites for hydroxylation is 1. The molecular formula is C46H71FN10O2. The largest absolute Gasteiger partial charge is 0.381 e. The van der Waals surface area contributed by atoms with E-state index in [1.807, 2.05) is 12.3 Å². The molecule has 5 fully saturated rings. The van der Waals surface area contributed by atoms with Crippen LogP contribution in [0.3, 0.4) is 0 Å². The van der Waals surface area contributed by atoms with Crippen LogP contribution in [0.5, 0.6) is 0 Å². The average Bonchev–Trinajstić information content (AvgIpc) is 4.04. The Labute approximate surface area is 352 Å². The predicted molar refractivity (Wildman–Crippen MR) is 233 cm³/mol. The minimum Gasteiger partial charge on any atom is -0.381 e. The van der Waals surface area contributed by atoms with E-state index in [1.165, 1.54) is 44.2 Å². The molecule has 12 nitrogen and oxygen atoms in total. The monoisotopic (exact) mass is 815 g/mol. The number of anilines is 2. The van der Waals surface area contributed by atoms with E-state index in [9.17, 15) is 9.18 Å². The summed E-state index contributed by atoms with van der Waals surface area (Å²) in [5.41, 5.74) is 3.51. The van der Waals surface area contributed by atoms with Crippen LogP contribution in [-0.4, -0.2) is 125 Å². The lowest BCUT2D eigenvalue weighted by atomic mass is 9.79. The predicted octanol–water partition coefficient (Wildman–Crippen LogP) is 7.23. The third-order valence-electron chi connectivity index (χ3n) is 14.1. The maximum Gasteiger partial charge on any atom is 0.270 e. The summed E-state index contributed by atoms with van der Waals surface area (Å²) >= 11 is 0. The molecule has 8 rings (SSSR count). The van der Waals surface area contributed by atoms with Gasteiger partial charge in [0, 0.05) is 90.1 Å². The minimum absolute atomic E-state index is 0.0762. The van der Waals surface area contributed by atoms with Crippen LogP contribution in [0.25, 0.3) is 11.5 Å². The van der Waals surface area contributed by atoms with Crippen molar-refractivity contribution in [2.75, 3.05) is 75.4 Å². The van der Waals surface area contributed by atoms with Gasteiger partial charge in [-0.2, -0.15) is 9.49 Å². The van der Waals surface area contributed by atoms with Crippen molar-refractivity contribution in [2.24, 2.45) is 22.7 Å². The number of pyridine rings is 2. The standard InChI is InChI=1S/C24H37FN4O2.C22H34N6/c1-24(2,3)17-4-5-19(16-17)28-10-12-29(13-11-28)21-7-6-20(27-22(21)25)23(30)26-18-8-14-31-15-9-18;1-5-20-24-21(26-25-20)19-9-8-18(15-23-19)28-12-10-27(11-13-28)17-7-6-16(14-17)22(2,3)4/h6-7,17-19H,4-5,8-16H2,1-3H3,(H,26,30);8-9,15-17H,5-7,10-14H2,1-4H3,(H,24,25,26). The number of H-pyrrole nitrogens is 1. The van der Waals surface area contributed by atoms with E-state index < -0.39 is 5.95 Å². The number of aromatic amines is 1. The summed E-state index contributed by atoms with van der Waals surface area (Å²) in [7, 11) is 0. The molecule has 0 aromatic carbocycles. The Hall–Kier alpha value is -3.68. The molecule has 3 aliphatic heterocycles. The molecule has 4 unspecified atom stereocenters. The van der Waals surface area contributed by atoms with E-state index in [1.54, 1.807) is 12.1 Å². The molecule has 2 aliphatic carbocycles. The highest BCUT2D eigenvalue weighted by atomic mass is 19.1. The van der Waals surface area contributed by atoms with Crippen LogP contribution in [0.4, 0.5) is 15.8 Å². The number of carbonyl (C=O) groups is 1. The number of aromatic nitrogens is 5. The van der Waals surface area contributed by atoms with Crippen molar-refractivity contribution in [3.05, 3.63) is 47.9 Å². The van der Waals surface area contributed by atoms with Crippen LogP contribution in [-0.2, 0) is 11.2 Å². The molecule has 3 saturated heterocycles. The van der Waals surface area contributed by atoms with Crippen LogP contribution >= 0.6 is 0 Å². The van der Waals surface area contributed by atoms with Gasteiger partial charge in [-0.15, -0.1) is 0 Å². The van der Waals surface area contributed by atoms with Crippen LogP contribution in [0.15, 0.2) is 30.5 Å². The summed E-state index contributed by atoms with van der Waals surface area (Å²) in [6.07, 6.45) is 12.4. The molecule has 3 aromatic heterocycles. The highest BCUT2D eigenvalue weighted by Crippen LogP contribution is 2.42. The third kappa shape index (κ3) is 11.0. The maximum absolute atomic E-state index is 14.8. The summed E-state index contributed by atoms with van der Waals surface area (Å²) < 4.78 is 20.1. The molecule has 2 saturated carbocycles. The van der Waals surface area contributed by atoms with Gasteiger partial charge in [0.1, 0.15) is 17.2 Å². The molecule has 324 valence electrons. The van der Waals surface area contributed by atoms with Crippen molar-refractivity contribution in [1.82, 2.24) is 40.3 Å². The van der Waals surface area contributed by atoms with Crippen molar-refractivity contribution in [3.63, 3.8) is 0 Å². The normalized spacial score (nSPS) is 25.2. The Morgan fingerprint density at radius 2 is 1.37 bits per heavy atom. The molecule has 0 radical (unpaired) electrons. The average molecular weight is 815 g/mol. The van der Waals surface area contributed by atoms with Crippen molar-refractivity contribution in [2.45, 2.75) is 124 Å². The minimum atomic E-state index is -0.554. The summed E-state index contributed by atoms with van der Waals surface area (Å²) in [4.78, 5) is 35.3. The molecule has 5 aliphatic rings. The number of halogens is 1. The molecular weight excluding hydrogens is 744 g/mol. The fourth-order valence-electron chi connectivity index (χ4n) is 9.99. The van der Waals surface area contributed by atoms with E-state index in [-0.39, 0.29) is 17.6 Å². The molecule has 1 amide bonds. The van der Waals surface area contributed by atoms with Crippen LogP contribution in [0.2, 0.25) is 0 Å². The molecule has 2 N–H and O–H groups in total. The quantitative estimate of drug-likeness (QED) is 0.226. The second-order valence-electron chi connectivity index (χ2n) is 19.8. The Morgan fingerprint density at radius 1 is 0.780 bits per heavy atom. The topological polar surface area (TPSA) is 119 Å². The number of piperazine rings is 2. The summed E-state index contributed by atoms with van der Waals surface area (Å²) in [6.45, 7) is 25.6. The third-order valence-corrected chi connectivity index (χ3v) is 14.1. The second kappa shape index (κ2) is 18.9. The molecule has 59 heavy (non-hydrogen) atoms. The van der Waals surface area contributed by atoms with Gasteiger partial charge >= 0.3 is 0 Å². The van der Waals surface area contributed by atoms with E-state index in [4.69, 9.17) is 4.74 Å². The Morgan fingerprint density at radius 3 is 1.86 bits per heavy atom. The van der Waals surface area contributed by atoms with Crippen molar-refractivity contribution >= 4 is 17.3 Å². The number of carbonyl (C=O) groups excluding carboxylic acids is 1. The summed E-state index contributed by atoms with van der Waals surface area (Å²) in [5, 5.41) is 10.2. The molecule has 3 aromatic rings. The second-order valence-corrected chi connectivity index (χ2v) is 19.8. The lowest BCUT2D eigenvalue weighted by Crippen LogP contribution is -2.50. The van der Waals surface area contributed by atoms with Crippen molar-refractivity contribution < 1.29 is 13.9 Å². The highest BCUT2D eigenvalue weighted by Gasteiger charge is 2.38. The summed E-state index contributed by atoms with van der Waals surface area (Å²) in [5.74, 6) is 2.38. The van der Waals surface area contributed by atoms with Gasteiger partial charge in [-0.3, -0.25) is 24.7 Å². The van der Waals surface area contributed by atoms with Gasteiger partial charge in [-0.25, -0.2) is 9.97 Å². The van der Waals surface area contributed by atoms with Gasteiger partial charge in [-0.05, 0) is 98.3 Å². The number of amides is 1. The van der Waals surface area contributed by atoms with Gasteiger partial charge in [0.15, 0.2) is 5.82 Å². The first-order chi connectivity index (χ1) is 28.2. The van der Waals surface area contributed by atoms with Crippen molar-refractivity contribution in [3.8, 4) is 11.5 Å². The molecule has 0 spiro atoms. The molecule has 4 atom stereocenters. The number of nitrogens with zero attached hydrogens (tertiary/aromatic N) is 8. The number of ether oxygens (including phenoxy) is 1. The zero-order chi connectivity index (χ0) is 41.7. The van der Waals surface area contributed by atoms with Crippen LogP contribution in [0.1, 0.15) is 116 Å². The first-order valence-corrected chi connectivity index (χ1v) is 22.7. The zero-order valence-corrected chi connectivity index (χ0v) is 37.0. The lowest BCUT2D eigenvalue weighted by molar-refractivity contribution is 0.0693. The number of hydrogen-bond acceptors (Lipinski definition) is 10. The number of hydrogen-bond donors (Lipinski definition) is 2. The zero-order valence-electron chi connectivity index (χ0n) is 37.0. The maximum atomic E-state index is 14.8. The number of rotatable bonds is 8. The Bertz CT molecular complexity index is 1800. The van der Waals surface area contributed by atoms with E-state index >= 15 is 0 Å². The molecule has 13 heteroatoms. The van der Waals surface area contributed by atoms with Gasteiger partial charge in [0.25, 0.3) is 5.91 Å². The van der Waals surface area contributed by atoms with E-state index in [2.05, 4.69) is 105 Å². The summed E-state index contributed by atoms with van der Waals surface area (Å²) in [6, 6.07) is 9.07. The van der Waals surface area contributed by atoms with E-state index in [0.717, 1.165) is 101 Å². The molecule has 0 bridgehead atoms. The number of nitrogens with one attached hydrogen (secondary N) is 2. The van der Waals surface area contributed by atoms with Crippen LogP contribution in [0, 0.1) is 28.6 Å². The van der Waals surface area contributed by atoms with Gasteiger partial charge < -0.3 is 19.9 Å².